The van der Waals surface area contributed by atoms with Crippen molar-refractivity contribution in [1.82, 2.24) is 0 Å². The van der Waals surface area contributed by atoms with Gasteiger partial charge in [-0.05, 0) is 55.6 Å². The molecule has 0 saturated heterocycles. The van der Waals surface area contributed by atoms with Gasteiger partial charge in [-0.15, -0.1) is 0 Å². The third-order valence-corrected chi connectivity index (χ3v) is 7.24. The van der Waals surface area contributed by atoms with Crippen LogP contribution in [-0.4, -0.2) is 10.5 Å². The first kappa shape index (κ1) is 22.7. The molecule has 2 atom stereocenters. The first-order valence-electron chi connectivity index (χ1n) is 11.9. The molecule has 3 rings (SSSR count). The highest BCUT2D eigenvalue weighted by Crippen LogP contribution is 2.35. The van der Waals surface area contributed by atoms with E-state index in [0.717, 1.165) is 54.2 Å². The van der Waals surface area contributed by atoms with Crippen LogP contribution in [-0.2, 0) is 9.78 Å². The lowest BCUT2D eigenvalue weighted by Crippen LogP contribution is -2.12. The molecule has 1 aromatic rings. The van der Waals surface area contributed by atoms with Crippen LogP contribution >= 0.6 is 0 Å². The van der Waals surface area contributed by atoms with Gasteiger partial charge in [0, 0.05) is 0 Å². The van der Waals surface area contributed by atoms with Crippen molar-refractivity contribution < 1.29 is 20.3 Å². The van der Waals surface area contributed by atoms with Gasteiger partial charge in [0.25, 0.3) is 0 Å². The molecular formula is C25H40O4. The second-order valence-electron chi connectivity index (χ2n) is 9.53. The van der Waals surface area contributed by atoms with Crippen LogP contribution < -0.4 is 0 Å². The summed E-state index contributed by atoms with van der Waals surface area (Å²) < 4.78 is 0. The summed E-state index contributed by atoms with van der Waals surface area (Å²) in [7, 11) is 0. The van der Waals surface area contributed by atoms with Crippen LogP contribution in [0.5, 0.6) is 0 Å². The van der Waals surface area contributed by atoms with Gasteiger partial charge < -0.3 is 0 Å². The Kier molecular flexibility index (Phi) is 9.44. The molecule has 2 aliphatic rings. The summed E-state index contributed by atoms with van der Waals surface area (Å²) in [4.78, 5) is 9.81. The molecular weight excluding hydrogens is 364 g/mol. The van der Waals surface area contributed by atoms with Crippen LogP contribution in [0.15, 0.2) is 18.2 Å². The minimum absolute atomic E-state index is 0.312. The average Bonchev–Trinajstić information content (AvgIpc) is 2.76. The minimum atomic E-state index is -0.312. The molecule has 4 nitrogen and oxygen atoms in total. The van der Waals surface area contributed by atoms with Gasteiger partial charge in [-0.3, -0.25) is 10.5 Å². The molecule has 4 heteroatoms. The number of hydrogen-bond donors (Lipinski definition) is 2. The van der Waals surface area contributed by atoms with Crippen molar-refractivity contribution in [2.75, 3.05) is 0 Å². The average molecular weight is 405 g/mol. The van der Waals surface area contributed by atoms with E-state index in [4.69, 9.17) is 9.78 Å². The Morgan fingerprint density at radius 1 is 0.724 bits per heavy atom. The molecule has 2 fully saturated rings. The predicted octanol–water partition coefficient (Wildman–Crippen LogP) is 7.78. The topological polar surface area (TPSA) is 58.9 Å². The third-order valence-electron chi connectivity index (χ3n) is 7.24. The molecule has 2 saturated carbocycles. The van der Waals surface area contributed by atoms with Gasteiger partial charge in [0.2, 0.25) is 0 Å². The molecule has 0 aromatic heterocycles. The normalized spacial score (nSPS) is 21.2. The van der Waals surface area contributed by atoms with Crippen molar-refractivity contribution in [1.29, 1.82) is 0 Å². The molecule has 0 aliphatic heterocycles. The van der Waals surface area contributed by atoms with E-state index in [0.29, 0.717) is 0 Å². The van der Waals surface area contributed by atoms with Crippen molar-refractivity contribution in [2.45, 2.75) is 109 Å². The van der Waals surface area contributed by atoms with E-state index in [2.05, 4.69) is 25.1 Å². The molecule has 1 aromatic carbocycles. The molecule has 0 bridgehead atoms. The summed E-state index contributed by atoms with van der Waals surface area (Å²) in [5.74, 6) is 1.52. The van der Waals surface area contributed by atoms with E-state index in [1.54, 1.807) is 0 Å². The summed E-state index contributed by atoms with van der Waals surface area (Å²) in [5.41, 5.74) is 3.08. The molecule has 164 valence electrons. The highest BCUT2D eigenvalue weighted by Gasteiger charge is 2.22. The van der Waals surface area contributed by atoms with Crippen LogP contribution in [0, 0.1) is 18.8 Å². The van der Waals surface area contributed by atoms with E-state index in [9.17, 15) is 10.5 Å². The molecule has 0 spiro atoms. The fourth-order valence-electron chi connectivity index (χ4n) is 5.50. The van der Waals surface area contributed by atoms with Gasteiger partial charge in [0.05, 0.1) is 0 Å². The van der Waals surface area contributed by atoms with Crippen LogP contribution in [0.25, 0.3) is 0 Å². The van der Waals surface area contributed by atoms with E-state index in [1.807, 2.05) is 0 Å². The fourth-order valence-corrected chi connectivity index (χ4v) is 5.50. The quantitative estimate of drug-likeness (QED) is 0.309. The third kappa shape index (κ3) is 7.06. The second-order valence-corrected chi connectivity index (χ2v) is 9.53. The van der Waals surface area contributed by atoms with Crippen molar-refractivity contribution in [3.8, 4) is 0 Å². The standard InChI is InChI=1S/C25H40O4/c1-19-16-22(24(28-26)14-12-20-8-4-2-5-9-20)18-23(17-19)25(29-27)15-13-21-10-6-3-7-11-21/h16-18,20-21,24-27H,2-15H2,1H3. The zero-order valence-corrected chi connectivity index (χ0v) is 18.2. The van der Waals surface area contributed by atoms with E-state index in [-0.39, 0.29) is 12.2 Å². The zero-order chi connectivity index (χ0) is 20.5. The Labute approximate surface area is 176 Å². The van der Waals surface area contributed by atoms with Crippen LogP contribution in [0.2, 0.25) is 0 Å². The highest BCUT2D eigenvalue weighted by molar-refractivity contribution is 5.32. The summed E-state index contributed by atoms with van der Waals surface area (Å²) in [6.07, 6.45) is 16.5. The number of rotatable bonds is 10. The van der Waals surface area contributed by atoms with Gasteiger partial charge in [-0.25, -0.2) is 9.78 Å². The summed E-state index contributed by atoms with van der Waals surface area (Å²) >= 11 is 0. The lowest BCUT2D eigenvalue weighted by molar-refractivity contribution is -0.285. The molecule has 2 unspecified atom stereocenters. The maximum atomic E-state index is 9.58. The summed E-state index contributed by atoms with van der Waals surface area (Å²) in [5, 5.41) is 19.2. The van der Waals surface area contributed by atoms with Crippen molar-refractivity contribution >= 4 is 0 Å². The molecule has 2 N–H and O–H groups in total. The second kappa shape index (κ2) is 12.0. The van der Waals surface area contributed by atoms with E-state index < -0.39 is 0 Å². The maximum absolute atomic E-state index is 9.58. The Morgan fingerprint density at radius 2 is 1.14 bits per heavy atom. The Balaban J connectivity index is 1.62. The molecule has 0 radical (unpaired) electrons. The highest BCUT2D eigenvalue weighted by atomic mass is 17.1. The lowest BCUT2D eigenvalue weighted by atomic mass is 9.84. The monoisotopic (exact) mass is 404 g/mol. The lowest BCUT2D eigenvalue weighted by Gasteiger charge is -2.25. The number of benzene rings is 1. The van der Waals surface area contributed by atoms with Crippen molar-refractivity contribution in [3.05, 3.63) is 34.9 Å². The van der Waals surface area contributed by atoms with Crippen LogP contribution in [0.1, 0.15) is 119 Å². The van der Waals surface area contributed by atoms with E-state index >= 15 is 0 Å². The predicted molar refractivity (Wildman–Crippen MR) is 116 cm³/mol. The van der Waals surface area contributed by atoms with Gasteiger partial charge in [0.15, 0.2) is 0 Å². The van der Waals surface area contributed by atoms with E-state index in [1.165, 1.54) is 64.2 Å². The van der Waals surface area contributed by atoms with Gasteiger partial charge in [0.1, 0.15) is 12.2 Å². The Morgan fingerprint density at radius 3 is 1.52 bits per heavy atom. The fraction of sp³-hybridized carbons (Fsp3) is 0.760. The molecule has 0 heterocycles. The van der Waals surface area contributed by atoms with Gasteiger partial charge >= 0.3 is 0 Å². The van der Waals surface area contributed by atoms with Crippen molar-refractivity contribution in [2.24, 2.45) is 11.8 Å². The Bertz CT molecular complexity index is 542. The Hall–Kier alpha value is -0.940. The first-order valence-corrected chi connectivity index (χ1v) is 11.9. The zero-order valence-electron chi connectivity index (χ0n) is 18.2. The molecule has 2 aliphatic carbocycles. The number of aryl methyl sites for hydroxylation is 1. The molecule has 0 amide bonds. The van der Waals surface area contributed by atoms with Crippen molar-refractivity contribution in [3.63, 3.8) is 0 Å². The number of hydrogen-bond acceptors (Lipinski definition) is 4. The minimum Gasteiger partial charge on any atom is -0.251 e. The van der Waals surface area contributed by atoms with Crippen LogP contribution in [0.3, 0.4) is 0 Å². The summed E-state index contributed by atoms with van der Waals surface area (Å²) in [6, 6.07) is 6.22. The smallest absolute Gasteiger partial charge is 0.118 e. The maximum Gasteiger partial charge on any atom is 0.118 e. The van der Waals surface area contributed by atoms with Gasteiger partial charge in [-0.1, -0.05) is 88.0 Å². The van der Waals surface area contributed by atoms with Gasteiger partial charge in [-0.2, -0.15) is 0 Å². The summed E-state index contributed by atoms with van der Waals surface area (Å²) in [6.45, 7) is 2.05. The molecule has 29 heavy (non-hydrogen) atoms. The first-order chi connectivity index (χ1) is 14.2. The SMILES string of the molecule is Cc1cc(C(CCC2CCCCC2)OO)cc(C(CCC2CCCCC2)OO)c1. The van der Waals surface area contributed by atoms with Crippen LogP contribution in [0.4, 0.5) is 0 Å². The largest absolute Gasteiger partial charge is 0.251 e.